The van der Waals surface area contributed by atoms with Gasteiger partial charge < -0.3 is 19.3 Å². The van der Waals surface area contributed by atoms with Gasteiger partial charge in [-0.1, -0.05) is 13.0 Å². The molecule has 1 unspecified atom stereocenters. The molecule has 2 saturated heterocycles. The number of likely N-dealkylation sites (tertiary alicyclic amines) is 1. The summed E-state index contributed by atoms with van der Waals surface area (Å²) in [5.41, 5.74) is 3.94. The molecular weight excluding hydrogens is 514 g/mol. The van der Waals surface area contributed by atoms with Crippen molar-refractivity contribution >= 4 is 33.5 Å². The zero-order valence-corrected chi connectivity index (χ0v) is 24.4. The van der Waals surface area contributed by atoms with E-state index in [0.29, 0.717) is 32.6 Å². The fraction of sp³-hybridized carbons (Fsp3) is 0.552. The van der Waals surface area contributed by atoms with Crippen LogP contribution in [0.1, 0.15) is 48.5 Å². The number of ether oxygens (including phenoxy) is 2. The van der Waals surface area contributed by atoms with Gasteiger partial charge in [0.15, 0.2) is 0 Å². The number of allylic oxidation sites excluding steroid dienone is 1. The number of carbonyl (C=O) groups excluding carboxylic acids is 2. The van der Waals surface area contributed by atoms with Gasteiger partial charge in [0.1, 0.15) is 4.83 Å². The minimum atomic E-state index is -0.414. The van der Waals surface area contributed by atoms with Gasteiger partial charge in [0, 0.05) is 57.2 Å². The van der Waals surface area contributed by atoms with Gasteiger partial charge in [0.05, 0.1) is 41.6 Å². The van der Waals surface area contributed by atoms with Crippen molar-refractivity contribution in [2.45, 2.75) is 51.7 Å². The third-order valence-electron chi connectivity index (χ3n) is 9.06. The van der Waals surface area contributed by atoms with Crippen molar-refractivity contribution < 1.29 is 19.1 Å². The van der Waals surface area contributed by atoms with Crippen LogP contribution in [0, 0.1) is 12.8 Å². The van der Waals surface area contributed by atoms with E-state index in [0.717, 1.165) is 50.7 Å². The number of urea groups is 1. The molecule has 3 aliphatic heterocycles. The van der Waals surface area contributed by atoms with Gasteiger partial charge in [0.25, 0.3) is 5.91 Å². The number of nitrogens with zero attached hydrogens (tertiary/aromatic N) is 5. The molecular formula is C29H37N5O4S. The van der Waals surface area contributed by atoms with E-state index in [2.05, 4.69) is 31.1 Å². The van der Waals surface area contributed by atoms with Crippen molar-refractivity contribution in [3.63, 3.8) is 0 Å². The number of thiophene rings is 1. The van der Waals surface area contributed by atoms with Crippen LogP contribution in [0.25, 0.3) is 10.2 Å². The van der Waals surface area contributed by atoms with Gasteiger partial charge in [0.2, 0.25) is 0 Å². The molecule has 208 valence electrons. The first kappa shape index (κ1) is 26.1. The Hall–Kier alpha value is -3.11. The number of piperidine rings is 1. The van der Waals surface area contributed by atoms with E-state index in [9.17, 15) is 9.59 Å². The Labute approximate surface area is 233 Å². The minimum Gasteiger partial charge on any atom is -0.501 e. The van der Waals surface area contributed by atoms with Gasteiger partial charge in [-0.3, -0.25) is 14.4 Å². The maximum atomic E-state index is 13.9. The normalized spacial score (nSPS) is 24.7. The number of aryl methyl sites for hydroxylation is 2. The number of aromatic nitrogens is 2. The molecule has 39 heavy (non-hydrogen) atoms. The zero-order valence-electron chi connectivity index (χ0n) is 23.6. The van der Waals surface area contributed by atoms with Crippen molar-refractivity contribution in [2.24, 2.45) is 13.0 Å². The highest BCUT2D eigenvalue weighted by Crippen LogP contribution is 2.48. The quantitative estimate of drug-likeness (QED) is 0.561. The van der Waals surface area contributed by atoms with Crippen molar-refractivity contribution in [1.29, 1.82) is 0 Å². The van der Waals surface area contributed by atoms with Crippen LogP contribution < -0.4 is 0 Å². The number of hydrogen-bond acceptors (Lipinski definition) is 6. The van der Waals surface area contributed by atoms with Crippen LogP contribution >= 0.6 is 11.3 Å². The summed E-state index contributed by atoms with van der Waals surface area (Å²) < 4.78 is 13.3. The highest BCUT2D eigenvalue weighted by atomic mass is 32.1. The van der Waals surface area contributed by atoms with Crippen LogP contribution in [0.5, 0.6) is 0 Å². The molecule has 3 amide bonds. The molecule has 0 N–H and O–H groups in total. The smallest absolute Gasteiger partial charge is 0.325 e. The number of rotatable bonds is 4. The van der Waals surface area contributed by atoms with Gasteiger partial charge >= 0.3 is 6.03 Å². The average Bonchev–Trinajstić information content (AvgIpc) is 3.51. The lowest BCUT2D eigenvalue weighted by atomic mass is 9.81. The molecule has 1 aliphatic carbocycles. The van der Waals surface area contributed by atoms with Crippen LogP contribution in [0.3, 0.4) is 0 Å². The first-order valence-corrected chi connectivity index (χ1v) is 14.6. The molecule has 0 aromatic carbocycles. The van der Waals surface area contributed by atoms with E-state index >= 15 is 0 Å². The Morgan fingerprint density at radius 2 is 2.00 bits per heavy atom. The van der Waals surface area contributed by atoms with Crippen molar-refractivity contribution in [1.82, 2.24) is 24.5 Å². The SMILES string of the molecule is CCN1C(=O)N2CC3=C(C(OC)CC(OC)=C3)[C@H](C)C=C2C12CCN(C(=O)c1cc3c(C)nn(C)c3s1)CC2. The molecule has 4 aliphatic rings. The lowest BCUT2D eigenvalue weighted by Crippen LogP contribution is -2.54. The van der Waals surface area contributed by atoms with E-state index in [1.54, 1.807) is 14.2 Å². The highest BCUT2D eigenvalue weighted by molar-refractivity contribution is 7.20. The Bertz CT molecular complexity index is 1410. The second kappa shape index (κ2) is 9.52. The van der Waals surface area contributed by atoms with Crippen molar-refractivity contribution in [3.05, 3.63) is 51.4 Å². The summed E-state index contributed by atoms with van der Waals surface area (Å²) in [6.07, 6.45) is 6.44. The minimum absolute atomic E-state index is 0.0452. The van der Waals surface area contributed by atoms with Gasteiger partial charge in [-0.15, -0.1) is 11.3 Å². The van der Waals surface area contributed by atoms with E-state index in [1.807, 2.05) is 39.4 Å². The van der Waals surface area contributed by atoms with Crippen LogP contribution in [0.4, 0.5) is 4.79 Å². The van der Waals surface area contributed by atoms with E-state index in [4.69, 9.17) is 9.47 Å². The van der Waals surface area contributed by atoms with Crippen LogP contribution in [0.15, 0.2) is 40.8 Å². The summed E-state index contributed by atoms with van der Waals surface area (Å²) in [5, 5.41) is 5.51. The molecule has 5 heterocycles. The molecule has 6 rings (SSSR count). The maximum absolute atomic E-state index is 13.9. The molecule has 2 aromatic heterocycles. The summed E-state index contributed by atoms with van der Waals surface area (Å²) in [4.78, 5) is 35.1. The number of methoxy groups -OCH3 is 2. The number of likely N-dealkylation sites (N-methyl/N-ethyl adjacent to an activating group) is 1. The third-order valence-corrected chi connectivity index (χ3v) is 10.3. The molecule has 1 spiro atoms. The maximum Gasteiger partial charge on any atom is 0.325 e. The topological polar surface area (TPSA) is 80.1 Å². The van der Waals surface area contributed by atoms with Crippen molar-refractivity contribution in [3.8, 4) is 0 Å². The first-order valence-electron chi connectivity index (χ1n) is 13.8. The van der Waals surface area contributed by atoms with Gasteiger partial charge in [-0.25, -0.2) is 4.79 Å². The first-order chi connectivity index (χ1) is 18.7. The molecule has 9 nitrogen and oxygen atoms in total. The van der Waals surface area contributed by atoms with E-state index in [1.165, 1.54) is 16.9 Å². The molecule has 2 atom stereocenters. The van der Waals surface area contributed by atoms with E-state index < -0.39 is 5.54 Å². The van der Waals surface area contributed by atoms with Crippen LogP contribution in [0.2, 0.25) is 0 Å². The number of hydrogen-bond donors (Lipinski definition) is 0. The molecule has 2 aromatic rings. The molecule has 10 heteroatoms. The molecule has 0 radical (unpaired) electrons. The second-order valence-corrected chi connectivity index (χ2v) is 12.1. The molecule has 2 fully saturated rings. The molecule has 0 saturated carbocycles. The largest absolute Gasteiger partial charge is 0.501 e. The summed E-state index contributed by atoms with van der Waals surface area (Å²) >= 11 is 1.50. The summed E-state index contributed by atoms with van der Waals surface area (Å²) in [5.74, 6) is 1.07. The fourth-order valence-corrected chi connectivity index (χ4v) is 8.23. The summed E-state index contributed by atoms with van der Waals surface area (Å²) in [7, 11) is 5.35. The summed E-state index contributed by atoms with van der Waals surface area (Å²) in [6.45, 7) is 8.58. The Morgan fingerprint density at radius 3 is 2.64 bits per heavy atom. The number of fused-ring (bicyclic) bond motifs is 3. The van der Waals surface area contributed by atoms with Gasteiger partial charge in [-0.2, -0.15) is 5.10 Å². The summed E-state index contributed by atoms with van der Waals surface area (Å²) in [6, 6.07) is 2.03. The van der Waals surface area contributed by atoms with Crippen molar-refractivity contribution in [2.75, 3.05) is 40.4 Å². The Kier molecular flexibility index (Phi) is 6.38. The monoisotopic (exact) mass is 551 g/mol. The third kappa shape index (κ3) is 3.86. The van der Waals surface area contributed by atoms with Crippen LogP contribution in [-0.4, -0.2) is 88.5 Å². The lowest BCUT2D eigenvalue weighted by Gasteiger charge is -2.44. The second-order valence-electron chi connectivity index (χ2n) is 11.0. The standard InChI is InChI=1S/C29H37N5O4S/c1-7-34-28(36)33-16-19-13-20(37-5)14-22(38-6)25(19)17(2)12-24(33)29(34)8-10-32(11-9-29)26(35)23-15-21-18(3)30-31(4)27(21)39-23/h12-13,15,17,22H,7-11,14,16H2,1-6H3/t17-,22?/m1/s1. The highest BCUT2D eigenvalue weighted by Gasteiger charge is 2.55. The molecule has 0 bridgehead atoms. The number of amides is 3. The Morgan fingerprint density at radius 1 is 1.26 bits per heavy atom. The number of carbonyl (C=O) groups is 2. The van der Waals surface area contributed by atoms with Gasteiger partial charge in [-0.05, 0) is 50.0 Å². The lowest BCUT2D eigenvalue weighted by molar-refractivity contribution is 0.0579. The zero-order chi connectivity index (χ0) is 27.6. The fourth-order valence-electron chi connectivity index (χ4n) is 7.14. The van der Waals surface area contributed by atoms with Crippen LogP contribution in [-0.2, 0) is 16.5 Å². The average molecular weight is 552 g/mol. The Balaban J connectivity index is 1.29. The predicted molar refractivity (Wildman–Crippen MR) is 150 cm³/mol. The van der Waals surface area contributed by atoms with E-state index in [-0.39, 0.29) is 24.0 Å². The predicted octanol–water partition coefficient (Wildman–Crippen LogP) is 4.45.